The number of aryl methyl sites for hydroxylation is 3. The second kappa shape index (κ2) is 27.9. The Hall–Kier alpha value is -1.57. The van der Waals surface area contributed by atoms with Gasteiger partial charge in [0.15, 0.2) is 0 Å². The molecule has 0 amide bonds. The first-order valence-electron chi connectivity index (χ1n) is 19.5. The number of hydrogen-bond donors (Lipinski definition) is 0. The minimum atomic E-state index is 1.15. The van der Waals surface area contributed by atoms with Crippen molar-refractivity contribution >= 4 is 0 Å². The van der Waals surface area contributed by atoms with Crippen molar-refractivity contribution in [1.29, 1.82) is 0 Å². The van der Waals surface area contributed by atoms with E-state index in [0.29, 0.717) is 0 Å². The fraction of sp³-hybridized carbons (Fsp3) is 0.780. The van der Waals surface area contributed by atoms with Crippen LogP contribution < -0.4 is 4.57 Å². The van der Waals surface area contributed by atoms with Crippen LogP contribution in [0.15, 0.2) is 42.7 Å². The number of aromatic nitrogens is 2. The summed E-state index contributed by atoms with van der Waals surface area (Å²) in [5, 5.41) is 0. The molecule has 0 spiro atoms. The summed E-state index contributed by atoms with van der Waals surface area (Å²) >= 11 is 0. The highest BCUT2D eigenvalue weighted by atomic mass is 15.1. The van der Waals surface area contributed by atoms with Crippen LogP contribution in [0, 0.1) is 0 Å². The maximum absolute atomic E-state index is 2.61. The van der Waals surface area contributed by atoms with Crippen LogP contribution in [0.5, 0.6) is 0 Å². The summed E-state index contributed by atoms with van der Waals surface area (Å²) in [6.07, 6.45) is 44.1. The van der Waals surface area contributed by atoms with Crippen molar-refractivity contribution in [1.82, 2.24) is 4.57 Å². The van der Waals surface area contributed by atoms with Crippen LogP contribution in [0.2, 0.25) is 0 Å². The molecule has 0 aliphatic carbocycles. The molecule has 1 aromatic carbocycles. The first-order valence-corrected chi connectivity index (χ1v) is 19.5. The van der Waals surface area contributed by atoms with Crippen LogP contribution in [0.3, 0.4) is 0 Å². The number of nitrogens with zero attached hydrogens (tertiary/aromatic N) is 2. The van der Waals surface area contributed by atoms with Gasteiger partial charge in [0.25, 0.3) is 5.82 Å². The normalized spacial score (nSPS) is 11.5. The minimum absolute atomic E-state index is 1.15. The lowest BCUT2D eigenvalue weighted by molar-refractivity contribution is -0.704. The molecule has 2 nitrogen and oxygen atoms in total. The summed E-state index contributed by atoms with van der Waals surface area (Å²) in [7, 11) is 0. The van der Waals surface area contributed by atoms with Crippen LogP contribution in [-0.2, 0) is 25.9 Å². The van der Waals surface area contributed by atoms with Gasteiger partial charge in [-0.15, -0.1) is 0 Å². The van der Waals surface area contributed by atoms with Gasteiger partial charge in [0.1, 0.15) is 12.4 Å². The van der Waals surface area contributed by atoms with Gasteiger partial charge in [0.05, 0.1) is 13.1 Å². The topological polar surface area (TPSA) is 8.81 Å². The smallest absolute Gasteiger partial charge is 0.234 e. The highest BCUT2D eigenvalue weighted by molar-refractivity contribution is 5.14. The van der Waals surface area contributed by atoms with Crippen LogP contribution in [0.4, 0.5) is 0 Å². The second-order valence-corrected chi connectivity index (χ2v) is 13.6. The maximum atomic E-state index is 2.61. The molecule has 0 saturated carbocycles. The van der Waals surface area contributed by atoms with E-state index in [-0.39, 0.29) is 0 Å². The van der Waals surface area contributed by atoms with E-state index in [0.717, 1.165) is 6.54 Å². The second-order valence-electron chi connectivity index (χ2n) is 13.6. The molecule has 0 N–H and O–H groups in total. The Morgan fingerprint density at radius 2 is 0.907 bits per heavy atom. The van der Waals surface area contributed by atoms with Gasteiger partial charge < -0.3 is 0 Å². The lowest BCUT2D eigenvalue weighted by atomic mass is 10.0. The standard InChI is InChI=1S/C41H73N2/c1-3-5-7-9-11-13-15-17-19-21-23-25-30-36-42-38-39-43(37-31-34-40-32-27-26-28-33-40)41(42)35-29-24-22-20-18-16-14-12-10-8-6-4-2/h26-28,32-33,38-39H,3-25,29-31,34-37H2,1-2H3/q+1. The van der Waals surface area contributed by atoms with E-state index in [1.807, 2.05) is 0 Å². The molecule has 2 rings (SSSR count). The van der Waals surface area contributed by atoms with Crippen molar-refractivity contribution < 1.29 is 4.57 Å². The minimum Gasteiger partial charge on any atom is -0.234 e. The van der Waals surface area contributed by atoms with Gasteiger partial charge >= 0.3 is 0 Å². The summed E-state index contributed by atoms with van der Waals surface area (Å²) in [6, 6.07) is 11.0. The number of unbranched alkanes of at least 4 members (excludes halogenated alkanes) is 23. The molecule has 0 atom stereocenters. The first kappa shape index (κ1) is 37.6. The SMILES string of the molecule is CCCCCCCCCCCCCCCn1cc[n+](CCCc2ccccc2)c1CCCCCCCCCCCCCC. The summed E-state index contributed by atoms with van der Waals surface area (Å²) in [4.78, 5) is 0. The molecule has 43 heavy (non-hydrogen) atoms. The van der Waals surface area contributed by atoms with Gasteiger partial charge in [-0.1, -0.05) is 185 Å². The third kappa shape index (κ3) is 20.2. The van der Waals surface area contributed by atoms with Crippen LogP contribution >= 0.6 is 0 Å². The fourth-order valence-corrected chi connectivity index (χ4v) is 6.71. The quantitative estimate of drug-likeness (QED) is 0.0607. The van der Waals surface area contributed by atoms with Crippen LogP contribution in [0.25, 0.3) is 0 Å². The van der Waals surface area contributed by atoms with E-state index < -0.39 is 0 Å². The van der Waals surface area contributed by atoms with Crippen molar-refractivity contribution in [3.8, 4) is 0 Å². The Morgan fingerprint density at radius 3 is 1.40 bits per heavy atom. The van der Waals surface area contributed by atoms with E-state index in [9.17, 15) is 0 Å². The molecule has 1 aromatic heterocycles. The Balaban J connectivity index is 1.63. The zero-order valence-corrected chi connectivity index (χ0v) is 29.1. The number of imidazole rings is 1. The van der Waals surface area contributed by atoms with Gasteiger partial charge in [0, 0.05) is 6.42 Å². The molecule has 0 fully saturated rings. The Kier molecular flexibility index (Phi) is 24.4. The molecule has 0 aliphatic rings. The average molecular weight is 594 g/mol. The van der Waals surface area contributed by atoms with Crippen molar-refractivity contribution in [2.24, 2.45) is 0 Å². The summed E-state index contributed by atoms with van der Waals surface area (Å²) in [6.45, 7) is 6.97. The van der Waals surface area contributed by atoms with Gasteiger partial charge in [-0.25, -0.2) is 9.13 Å². The van der Waals surface area contributed by atoms with E-state index in [4.69, 9.17) is 0 Å². The first-order chi connectivity index (χ1) is 21.3. The zero-order chi connectivity index (χ0) is 30.5. The van der Waals surface area contributed by atoms with Gasteiger partial charge in [0.2, 0.25) is 0 Å². The van der Waals surface area contributed by atoms with E-state index >= 15 is 0 Å². The lowest BCUT2D eigenvalue weighted by Gasteiger charge is -2.07. The van der Waals surface area contributed by atoms with Crippen LogP contribution in [0.1, 0.15) is 192 Å². The molecule has 2 aromatic rings. The molecule has 1 heterocycles. The monoisotopic (exact) mass is 594 g/mol. The fourth-order valence-electron chi connectivity index (χ4n) is 6.71. The predicted molar refractivity (Wildman–Crippen MR) is 190 cm³/mol. The van der Waals surface area contributed by atoms with Gasteiger partial charge in [-0.3, -0.25) is 0 Å². The number of rotatable bonds is 31. The summed E-state index contributed by atoms with van der Waals surface area (Å²) in [5.41, 5.74) is 1.47. The molecule has 246 valence electrons. The predicted octanol–water partition coefficient (Wildman–Crippen LogP) is 12.7. The molecule has 0 unspecified atom stereocenters. The van der Waals surface area contributed by atoms with Crippen molar-refractivity contribution in [3.63, 3.8) is 0 Å². The summed E-state index contributed by atoms with van der Waals surface area (Å²) < 4.78 is 5.20. The van der Waals surface area contributed by atoms with Crippen molar-refractivity contribution in [3.05, 3.63) is 54.1 Å². The van der Waals surface area contributed by atoms with E-state index in [1.165, 1.54) is 192 Å². The van der Waals surface area contributed by atoms with E-state index in [1.54, 1.807) is 5.82 Å². The van der Waals surface area contributed by atoms with E-state index in [2.05, 4.69) is 65.7 Å². The van der Waals surface area contributed by atoms with Crippen molar-refractivity contribution in [2.45, 2.75) is 207 Å². The van der Waals surface area contributed by atoms with Gasteiger partial charge in [-0.2, -0.15) is 0 Å². The molecule has 0 bridgehead atoms. The van der Waals surface area contributed by atoms with Gasteiger partial charge in [-0.05, 0) is 37.7 Å². The number of hydrogen-bond acceptors (Lipinski definition) is 0. The third-order valence-corrected chi connectivity index (χ3v) is 9.55. The Labute approximate surface area is 269 Å². The lowest BCUT2D eigenvalue weighted by Crippen LogP contribution is -2.37. The Morgan fingerprint density at radius 1 is 0.465 bits per heavy atom. The molecule has 0 saturated heterocycles. The molecule has 0 aliphatic heterocycles. The van der Waals surface area contributed by atoms with Crippen LogP contribution in [-0.4, -0.2) is 4.57 Å². The summed E-state index contributed by atoms with van der Waals surface area (Å²) in [5.74, 6) is 1.58. The Bertz CT molecular complexity index is 839. The molecule has 0 radical (unpaired) electrons. The highest BCUT2D eigenvalue weighted by Gasteiger charge is 2.16. The maximum Gasteiger partial charge on any atom is 0.256 e. The molecular weight excluding hydrogens is 520 g/mol. The third-order valence-electron chi connectivity index (χ3n) is 9.55. The highest BCUT2D eigenvalue weighted by Crippen LogP contribution is 2.15. The average Bonchev–Trinajstić information content (AvgIpc) is 3.41. The molecular formula is C41H73N2+. The zero-order valence-electron chi connectivity index (χ0n) is 29.1. The van der Waals surface area contributed by atoms with Crippen molar-refractivity contribution in [2.75, 3.05) is 0 Å². The number of benzene rings is 1. The molecule has 2 heteroatoms. The largest absolute Gasteiger partial charge is 0.256 e.